The Morgan fingerprint density at radius 3 is 2.89 bits per heavy atom. The first-order chi connectivity index (χ1) is 8.74. The van der Waals surface area contributed by atoms with Crippen molar-refractivity contribution >= 4 is 0 Å². The zero-order valence-corrected chi connectivity index (χ0v) is 10.6. The molecule has 1 aromatic carbocycles. The average Bonchev–Trinajstić information content (AvgIpc) is 2.96. The third-order valence-corrected chi connectivity index (χ3v) is 3.79. The lowest BCUT2D eigenvalue weighted by Crippen LogP contribution is -2.08. The van der Waals surface area contributed by atoms with Crippen LogP contribution in [0.4, 0.5) is 0 Å². The van der Waals surface area contributed by atoms with Gasteiger partial charge in [-0.25, -0.2) is 0 Å². The van der Waals surface area contributed by atoms with E-state index in [0.29, 0.717) is 6.42 Å². The van der Waals surface area contributed by atoms with Crippen LogP contribution in [0, 0.1) is 0 Å². The molecule has 1 aliphatic rings. The number of hydrogen-bond acceptors (Lipinski definition) is 2. The Bertz CT molecular complexity index is 559. The molecule has 1 N–H and O–H groups in total. The molecule has 0 spiro atoms. The van der Waals surface area contributed by atoms with Gasteiger partial charge in [-0.1, -0.05) is 18.2 Å². The first-order valence-corrected chi connectivity index (χ1v) is 6.50. The lowest BCUT2D eigenvalue weighted by atomic mass is 10.0. The molecule has 94 valence electrons. The van der Waals surface area contributed by atoms with Crippen LogP contribution in [-0.4, -0.2) is 14.9 Å². The lowest BCUT2D eigenvalue weighted by Gasteiger charge is -2.12. The van der Waals surface area contributed by atoms with E-state index in [2.05, 4.69) is 23.3 Å². The molecule has 1 heterocycles. The van der Waals surface area contributed by atoms with Gasteiger partial charge in [0.2, 0.25) is 0 Å². The van der Waals surface area contributed by atoms with Crippen LogP contribution in [0.1, 0.15) is 34.9 Å². The molecule has 0 radical (unpaired) electrons. The van der Waals surface area contributed by atoms with Crippen LogP contribution in [0.5, 0.6) is 0 Å². The molecule has 0 aliphatic heterocycles. The van der Waals surface area contributed by atoms with Crippen molar-refractivity contribution in [1.29, 1.82) is 0 Å². The third kappa shape index (κ3) is 2.06. The Morgan fingerprint density at radius 1 is 1.28 bits per heavy atom. The minimum atomic E-state index is -0.475. The van der Waals surface area contributed by atoms with Gasteiger partial charge in [0, 0.05) is 19.7 Å². The van der Waals surface area contributed by atoms with Gasteiger partial charge in [0.1, 0.15) is 0 Å². The van der Waals surface area contributed by atoms with E-state index in [-0.39, 0.29) is 0 Å². The molecule has 3 heteroatoms. The van der Waals surface area contributed by atoms with Gasteiger partial charge in [0.25, 0.3) is 0 Å². The molecular weight excluding hydrogens is 224 g/mol. The van der Waals surface area contributed by atoms with Crippen LogP contribution >= 0.6 is 0 Å². The zero-order chi connectivity index (χ0) is 12.5. The van der Waals surface area contributed by atoms with Gasteiger partial charge in [0.05, 0.1) is 11.8 Å². The Kier molecular flexibility index (Phi) is 2.92. The van der Waals surface area contributed by atoms with Crippen LogP contribution < -0.4 is 0 Å². The van der Waals surface area contributed by atoms with E-state index in [4.69, 9.17) is 0 Å². The first-order valence-electron chi connectivity index (χ1n) is 6.50. The molecule has 0 saturated carbocycles. The lowest BCUT2D eigenvalue weighted by molar-refractivity contribution is 0.168. The fourth-order valence-electron chi connectivity index (χ4n) is 2.79. The molecule has 0 fully saturated rings. The van der Waals surface area contributed by atoms with Crippen molar-refractivity contribution in [3.63, 3.8) is 0 Å². The van der Waals surface area contributed by atoms with E-state index in [1.165, 1.54) is 36.0 Å². The Morgan fingerprint density at radius 2 is 2.11 bits per heavy atom. The van der Waals surface area contributed by atoms with Crippen molar-refractivity contribution in [2.75, 3.05) is 0 Å². The number of aryl methyl sites for hydroxylation is 3. The van der Waals surface area contributed by atoms with E-state index < -0.39 is 6.10 Å². The molecular formula is C15H18N2O. The van der Waals surface area contributed by atoms with Gasteiger partial charge in [0.15, 0.2) is 0 Å². The minimum absolute atomic E-state index is 0.475. The maximum atomic E-state index is 10.2. The Balaban J connectivity index is 1.79. The summed E-state index contributed by atoms with van der Waals surface area (Å²) in [7, 11) is 1.86. The predicted molar refractivity (Wildman–Crippen MR) is 70.3 cm³/mol. The van der Waals surface area contributed by atoms with E-state index in [0.717, 1.165) is 5.69 Å². The summed E-state index contributed by atoms with van der Waals surface area (Å²) in [6.45, 7) is 0. The smallest absolute Gasteiger partial charge is 0.0996 e. The molecule has 1 aliphatic carbocycles. The van der Waals surface area contributed by atoms with Gasteiger partial charge >= 0.3 is 0 Å². The summed E-state index contributed by atoms with van der Waals surface area (Å²) in [5.41, 5.74) is 5.03. The van der Waals surface area contributed by atoms with E-state index in [1.54, 1.807) is 10.9 Å². The fraction of sp³-hybridized carbons (Fsp3) is 0.400. The number of hydrogen-bond donors (Lipinski definition) is 1. The second-order valence-electron chi connectivity index (χ2n) is 5.06. The van der Waals surface area contributed by atoms with Crippen LogP contribution in [0.15, 0.2) is 30.5 Å². The molecule has 18 heavy (non-hydrogen) atoms. The zero-order valence-electron chi connectivity index (χ0n) is 10.6. The molecule has 0 amide bonds. The maximum Gasteiger partial charge on any atom is 0.0996 e. The SMILES string of the molecule is Cn1nccc1C(O)Cc1ccc2c(c1)CCC2. The van der Waals surface area contributed by atoms with E-state index >= 15 is 0 Å². The molecule has 0 bridgehead atoms. The monoisotopic (exact) mass is 242 g/mol. The van der Waals surface area contributed by atoms with Gasteiger partial charge in [-0.05, 0) is 42.0 Å². The highest BCUT2D eigenvalue weighted by Crippen LogP contribution is 2.25. The molecule has 1 aromatic heterocycles. The highest BCUT2D eigenvalue weighted by atomic mass is 16.3. The Hall–Kier alpha value is -1.61. The predicted octanol–water partition coefficient (Wildman–Crippen LogP) is 2.18. The van der Waals surface area contributed by atoms with Crippen LogP contribution in [0.3, 0.4) is 0 Å². The van der Waals surface area contributed by atoms with Gasteiger partial charge in [-0.15, -0.1) is 0 Å². The largest absolute Gasteiger partial charge is 0.386 e. The van der Waals surface area contributed by atoms with Gasteiger partial charge in [-0.3, -0.25) is 4.68 Å². The normalized spacial score (nSPS) is 15.7. The summed E-state index contributed by atoms with van der Waals surface area (Å²) < 4.78 is 1.73. The molecule has 1 atom stereocenters. The van der Waals surface area contributed by atoms with Crippen molar-refractivity contribution in [2.45, 2.75) is 31.8 Å². The summed E-state index contributed by atoms with van der Waals surface area (Å²) in [5, 5.41) is 14.3. The molecule has 3 nitrogen and oxygen atoms in total. The van der Waals surface area contributed by atoms with Crippen LogP contribution in [-0.2, 0) is 26.3 Å². The van der Waals surface area contributed by atoms with Gasteiger partial charge in [-0.2, -0.15) is 5.10 Å². The number of nitrogens with zero attached hydrogens (tertiary/aromatic N) is 2. The Labute approximate surface area is 107 Å². The van der Waals surface area contributed by atoms with Crippen molar-refractivity contribution in [3.05, 3.63) is 52.8 Å². The number of aliphatic hydroxyl groups excluding tert-OH is 1. The summed E-state index contributed by atoms with van der Waals surface area (Å²) in [6, 6.07) is 8.48. The highest BCUT2D eigenvalue weighted by molar-refractivity contribution is 5.35. The van der Waals surface area contributed by atoms with Crippen molar-refractivity contribution in [1.82, 2.24) is 9.78 Å². The minimum Gasteiger partial charge on any atom is -0.386 e. The molecule has 2 aromatic rings. The van der Waals surface area contributed by atoms with E-state index in [1.807, 2.05) is 13.1 Å². The number of aromatic nitrogens is 2. The molecule has 3 rings (SSSR count). The maximum absolute atomic E-state index is 10.2. The standard InChI is InChI=1S/C15H18N2O/c1-17-14(7-8-16-17)15(18)10-11-5-6-12-3-2-4-13(12)9-11/h5-9,15,18H,2-4,10H2,1H3. The number of aliphatic hydroxyl groups is 1. The van der Waals surface area contributed by atoms with Crippen molar-refractivity contribution < 1.29 is 5.11 Å². The quantitative estimate of drug-likeness (QED) is 0.896. The molecule has 0 saturated heterocycles. The topological polar surface area (TPSA) is 38.0 Å². The third-order valence-electron chi connectivity index (χ3n) is 3.79. The number of benzene rings is 1. The number of rotatable bonds is 3. The molecule has 1 unspecified atom stereocenters. The average molecular weight is 242 g/mol. The summed E-state index contributed by atoms with van der Waals surface area (Å²) in [4.78, 5) is 0. The summed E-state index contributed by atoms with van der Waals surface area (Å²) >= 11 is 0. The number of fused-ring (bicyclic) bond motifs is 1. The second kappa shape index (κ2) is 4.58. The van der Waals surface area contributed by atoms with Crippen LogP contribution in [0.2, 0.25) is 0 Å². The second-order valence-corrected chi connectivity index (χ2v) is 5.06. The van der Waals surface area contributed by atoms with Crippen molar-refractivity contribution in [2.24, 2.45) is 7.05 Å². The highest BCUT2D eigenvalue weighted by Gasteiger charge is 2.15. The van der Waals surface area contributed by atoms with E-state index in [9.17, 15) is 5.11 Å². The fourth-order valence-corrected chi connectivity index (χ4v) is 2.79. The first kappa shape index (κ1) is 11.5. The summed E-state index contributed by atoms with van der Waals surface area (Å²) in [5.74, 6) is 0. The van der Waals surface area contributed by atoms with Crippen LogP contribution in [0.25, 0.3) is 0 Å². The van der Waals surface area contributed by atoms with Crippen molar-refractivity contribution in [3.8, 4) is 0 Å². The summed E-state index contributed by atoms with van der Waals surface area (Å²) in [6.07, 6.45) is 5.57. The van der Waals surface area contributed by atoms with Gasteiger partial charge < -0.3 is 5.11 Å².